The molecule has 0 aromatic carbocycles. The highest BCUT2D eigenvalue weighted by Crippen LogP contribution is 2.27. The molecule has 1 amide bonds. The Balaban J connectivity index is 1.77. The van der Waals surface area contributed by atoms with Crippen LogP contribution in [0.1, 0.15) is 65.7 Å². The van der Waals surface area contributed by atoms with E-state index in [1.807, 2.05) is 20.8 Å². The number of nitrogens with two attached hydrogens (primary N) is 1. The third kappa shape index (κ3) is 9.37. The van der Waals surface area contributed by atoms with Gasteiger partial charge in [0.15, 0.2) is 0 Å². The van der Waals surface area contributed by atoms with Crippen LogP contribution in [-0.4, -0.2) is 67.9 Å². The number of hydrogen-bond donors (Lipinski definition) is 2. The minimum absolute atomic E-state index is 0.000676. The van der Waals surface area contributed by atoms with Crippen LogP contribution in [-0.2, 0) is 14.3 Å². The Morgan fingerprint density at radius 1 is 1.22 bits per heavy atom. The molecule has 0 aromatic heterocycles. The zero-order valence-corrected chi connectivity index (χ0v) is 17.7. The molecule has 1 heterocycles. The Kier molecular flexibility index (Phi) is 9.50. The normalized spacial score (nSPS) is 22.4. The lowest BCUT2D eigenvalue weighted by Crippen LogP contribution is -2.50. The molecule has 0 aromatic rings. The fourth-order valence-corrected chi connectivity index (χ4v) is 3.98. The van der Waals surface area contributed by atoms with E-state index >= 15 is 0 Å². The Bertz CT molecular complexity index is 427. The highest BCUT2D eigenvalue weighted by molar-refractivity contribution is 5.76. The Morgan fingerprint density at radius 3 is 2.52 bits per heavy atom. The van der Waals surface area contributed by atoms with E-state index in [2.05, 4.69) is 10.2 Å². The molecule has 0 bridgehead atoms. The predicted octanol–water partition coefficient (Wildman–Crippen LogP) is 2.31. The molecular weight excluding hydrogens is 342 g/mol. The third-order valence-electron chi connectivity index (χ3n) is 5.62. The van der Waals surface area contributed by atoms with Crippen molar-refractivity contribution in [2.75, 3.05) is 39.5 Å². The first kappa shape index (κ1) is 22.6. The zero-order chi connectivity index (χ0) is 19.7. The highest BCUT2D eigenvalue weighted by Gasteiger charge is 2.24. The van der Waals surface area contributed by atoms with Crippen molar-refractivity contribution in [1.82, 2.24) is 10.2 Å². The monoisotopic (exact) mass is 383 g/mol. The van der Waals surface area contributed by atoms with E-state index in [4.69, 9.17) is 15.2 Å². The molecule has 0 spiro atoms. The first-order valence-electron chi connectivity index (χ1n) is 10.8. The summed E-state index contributed by atoms with van der Waals surface area (Å²) in [5.74, 6) is 0.692. The van der Waals surface area contributed by atoms with Crippen LogP contribution in [0.15, 0.2) is 0 Å². The Morgan fingerprint density at radius 2 is 1.89 bits per heavy atom. The van der Waals surface area contributed by atoms with Gasteiger partial charge in [-0.1, -0.05) is 19.3 Å². The van der Waals surface area contributed by atoms with Gasteiger partial charge in [-0.25, -0.2) is 0 Å². The SMILES string of the molecule is CC(C)(C)OC[C@H](CN1CCOCC1)NC(=O)CC[C@H](N)C1CCCCC1. The Labute approximate surface area is 165 Å². The van der Waals surface area contributed by atoms with Crippen LogP contribution in [0.2, 0.25) is 0 Å². The predicted molar refractivity (Wildman–Crippen MR) is 109 cm³/mol. The maximum Gasteiger partial charge on any atom is 0.220 e. The summed E-state index contributed by atoms with van der Waals surface area (Å²) in [6, 6.07) is 0.153. The number of nitrogens with one attached hydrogen (secondary N) is 1. The van der Waals surface area contributed by atoms with Gasteiger partial charge in [0, 0.05) is 32.1 Å². The van der Waals surface area contributed by atoms with Crippen LogP contribution < -0.4 is 11.1 Å². The van der Waals surface area contributed by atoms with Gasteiger partial charge >= 0.3 is 0 Å². The van der Waals surface area contributed by atoms with E-state index in [1.54, 1.807) is 0 Å². The maximum absolute atomic E-state index is 12.5. The summed E-state index contributed by atoms with van der Waals surface area (Å²) in [6.45, 7) is 10.8. The van der Waals surface area contributed by atoms with Crippen LogP contribution in [0.25, 0.3) is 0 Å². The second kappa shape index (κ2) is 11.3. The molecule has 1 saturated carbocycles. The molecule has 1 saturated heterocycles. The molecule has 3 N–H and O–H groups in total. The van der Waals surface area contributed by atoms with Crippen molar-refractivity contribution in [3.63, 3.8) is 0 Å². The summed E-state index contributed by atoms with van der Waals surface area (Å²) in [7, 11) is 0. The number of carbonyl (C=O) groups is 1. The summed E-state index contributed by atoms with van der Waals surface area (Å²) in [6.07, 6.45) is 7.64. The summed E-state index contributed by atoms with van der Waals surface area (Å²) in [5, 5.41) is 3.19. The van der Waals surface area contributed by atoms with Crippen LogP contribution >= 0.6 is 0 Å². The van der Waals surface area contributed by atoms with Gasteiger partial charge in [0.1, 0.15) is 0 Å². The van der Waals surface area contributed by atoms with Crippen molar-refractivity contribution >= 4 is 5.91 Å². The summed E-state index contributed by atoms with van der Waals surface area (Å²) < 4.78 is 11.4. The molecule has 2 rings (SSSR count). The number of ether oxygens (including phenoxy) is 2. The van der Waals surface area contributed by atoms with Crippen molar-refractivity contribution in [3.05, 3.63) is 0 Å². The average Bonchev–Trinajstić information content (AvgIpc) is 2.65. The number of morpholine rings is 1. The molecule has 27 heavy (non-hydrogen) atoms. The molecule has 6 heteroatoms. The van der Waals surface area contributed by atoms with E-state index in [0.29, 0.717) is 18.9 Å². The lowest BCUT2D eigenvalue weighted by molar-refractivity contribution is -0.123. The fourth-order valence-electron chi connectivity index (χ4n) is 3.98. The lowest BCUT2D eigenvalue weighted by atomic mass is 9.82. The van der Waals surface area contributed by atoms with E-state index in [-0.39, 0.29) is 23.6 Å². The maximum atomic E-state index is 12.5. The van der Waals surface area contributed by atoms with Gasteiger partial charge in [0.25, 0.3) is 0 Å². The standard InChI is InChI=1S/C21H41N3O3/c1-21(2,3)27-16-18(15-24-11-13-26-14-12-24)23-20(25)10-9-19(22)17-7-5-4-6-8-17/h17-19H,4-16,22H2,1-3H3,(H,23,25)/t18-,19-/m0/s1. The van der Waals surface area contributed by atoms with Gasteiger partial charge in [-0.2, -0.15) is 0 Å². The van der Waals surface area contributed by atoms with Gasteiger partial charge in [-0.05, 0) is 46.0 Å². The number of nitrogens with zero attached hydrogens (tertiary/aromatic N) is 1. The molecule has 0 radical (unpaired) electrons. The molecule has 2 fully saturated rings. The van der Waals surface area contributed by atoms with E-state index in [9.17, 15) is 4.79 Å². The second-order valence-electron chi connectivity index (χ2n) is 9.20. The minimum Gasteiger partial charge on any atom is -0.379 e. The first-order chi connectivity index (χ1) is 12.8. The van der Waals surface area contributed by atoms with Crippen molar-refractivity contribution in [2.24, 2.45) is 11.7 Å². The minimum atomic E-state index is -0.211. The van der Waals surface area contributed by atoms with Crippen molar-refractivity contribution < 1.29 is 14.3 Å². The molecular formula is C21H41N3O3. The molecule has 2 atom stereocenters. The van der Waals surface area contributed by atoms with Gasteiger partial charge < -0.3 is 20.5 Å². The lowest BCUT2D eigenvalue weighted by Gasteiger charge is -2.32. The molecule has 158 valence electrons. The van der Waals surface area contributed by atoms with Gasteiger partial charge in [-0.3, -0.25) is 9.69 Å². The number of carbonyl (C=O) groups excluding carboxylic acids is 1. The smallest absolute Gasteiger partial charge is 0.220 e. The molecule has 6 nitrogen and oxygen atoms in total. The van der Waals surface area contributed by atoms with Crippen molar-refractivity contribution in [3.8, 4) is 0 Å². The highest BCUT2D eigenvalue weighted by atomic mass is 16.5. The summed E-state index contributed by atoms with van der Waals surface area (Å²) in [5.41, 5.74) is 6.15. The van der Waals surface area contributed by atoms with E-state index in [0.717, 1.165) is 39.3 Å². The summed E-state index contributed by atoms with van der Waals surface area (Å²) >= 11 is 0. The number of amides is 1. The molecule has 1 aliphatic heterocycles. The van der Waals surface area contributed by atoms with Crippen LogP contribution in [0.3, 0.4) is 0 Å². The quantitative estimate of drug-likeness (QED) is 0.639. The fraction of sp³-hybridized carbons (Fsp3) is 0.952. The van der Waals surface area contributed by atoms with Crippen LogP contribution in [0.4, 0.5) is 0 Å². The molecule has 0 unspecified atom stereocenters. The first-order valence-corrected chi connectivity index (χ1v) is 10.8. The largest absolute Gasteiger partial charge is 0.379 e. The van der Waals surface area contributed by atoms with Gasteiger partial charge in [0.2, 0.25) is 5.91 Å². The van der Waals surface area contributed by atoms with Crippen LogP contribution in [0, 0.1) is 5.92 Å². The van der Waals surface area contributed by atoms with Crippen LogP contribution in [0.5, 0.6) is 0 Å². The number of hydrogen-bond acceptors (Lipinski definition) is 5. The average molecular weight is 384 g/mol. The number of rotatable bonds is 9. The van der Waals surface area contributed by atoms with Crippen molar-refractivity contribution in [2.45, 2.75) is 83.4 Å². The van der Waals surface area contributed by atoms with Crippen molar-refractivity contribution in [1.29, 1.82) is 0 Å². The van der Waals surface area contributed by atoms with E-state index in [1.165, 1.54) is 32.1 Å². The van der Waals surface area contributed by atoms with Gasteiger partial charge in [-0.15, -0.1) is 0 Å². The topological polar surface area (TPSA) is 76.8 Å². The third-order valence-corrected chi connectivity index (χ3v) is 5.62. The second-order valence-corrected chi connectivity index (χ2v) is 9.20. The Hall–Kier alpha value is -0.690. The van der Waals surface area contributed by atoms with Gasteiger partial charge in [0.05, 0.1) is 31.5 Å². The molecule has 1 aliphatic carbocycles. The van der Waals surface area contributed by atoms with E-state index < -0.39 is 0 Å². The zero-order valence-electron chi connectivity index (χ0n) is 17.7. The molecule has 2 aliphatic rings. The summed E-state index contributed by atoms with van der Waals surface area (Å²) in [4.78, 5) is 14.9.